The molecule has 1 heteroatoms. The first-order valence-electron chi connectivity index (χ1n) is 4.67. The quantitative estimate of drug-likeness (QED) is 0.645. The van der Waals surface area contributed by atoms with E-state index in [1.165, 1.54) is 6.42 Å². The highest BCUT2D eigenvalue weighted by atomic mass is 15.0. The van der Waals surface area contributed by atoms with E-state index < -0.39 is 0 Å². The molecule has 1 fully saturated rings. The fraction of sp³-hybridized carbons (Fsp3) is 1.00. The van der Waals surface area contributed by atoms with Crippen LogP contribution >= 0.6 is 0 Å². The molecule has 0 bridgehead atoms. The Morgan fingerprint density at radius 3 is 2.09 bits per heavy atom. The predicted molar refractivity (Wildman–Crippen MR) is 49.6 cm³/mol. The molecule has 0 aromatic carbocycles. The Morgan fingerprint density at radius 2 is 1.82 bits per heavy atom. The Bertz CT molecular complexity index is 134. The summed E-state index contributed by atoms with van der Waals surface area (Å²) in [5.41, 5.74) is 0.405. The molecule has 66 valence electrons. The monoisotopic (exact) mass is 155 g/mol. The molecule has 0 aliphatic heterocycles. The van der Waals surface area contributed by atoms with Gasteiger partial charge in [-0.1, -0.05) is 27.7 Å². The van der Waals surface area contributed by atoms with E-state index in [0.29, 0.717) is 11.5 Å². The van der Waals surface area contributed by atoms with Gasteiger partial charge in [0.15, 0.2) is 0 Å². The Morgan fingerprint density at radius 1 is 1.36 bits per heavy atom. The van der Waals surface area contributed by atoms with Crippen LogP contribution in [0.15, 0.2) is 0 Å². The molecule has 1 unspecified atom stereocenters. The molecule has 0 aromatic heterocycles. The van der Waals surface area contributed by atoms with Crippen LogP contribution in [-0.2, 0) is 0 Å². The molecule has 1 saturated carbocycles. The van der Waals surface area contributed by atoms with Crippen molar-refractivity contribution in [2.24, 2.45) is 11.3 Å². The zero-order chi connectivity index (χ0) is 8.65. The molecule has 1 N–H and O–H groups in total. The minimum absolute atomic E-state index is 0.405. The first-order valence-corrected chi connectivity index (χ1v) is 4.67. The molecule has 11 heavy (non-hydrogen) atoms. The smallest absolute Gasteiger partial charge is 0.00990 e. The normalized spacial score (nSPS) is 33.5. The van der Waals surface area contributed by atoms with Crippen molar-refractivity contribution in [2.45, 2.75) is 53.1 Å². The van der Waals surface area contributed by atoms with Gasteiger partial charge in [0.1, 0.15) is 0 Å². The third-order valence-electron chi connectivity index (χ3n) is 2.87. The van der Waals surface area contributed by atoms with E-state index >= 15 is 0 Å². The van der Waals surface area contributed by atoms with Crippen LogP contribution in [0.4, 0.5) is 0 Å². The Balaban J connectivity index is 2.26. The van der Waals surface area contributed by atoms with Crippen molar-refractivity contribution in [3.8, 4) is 0 Å². The molecule has 1 aliphatic carbocycles. The molecule has 1 aliphatic rings. The molecular formula is C10H21N. The molecular weight excluding hydrogens is 134 g/mol. The van der Waals surface area contributed by atoms with Crippen molar-refractivity contribution in [2.75, 3.05) is 0 Å². The van der Waals surface area contributed by atoms with E-state index in [-0.39, 0.29) is 0 Å². The van der Waals surface area contributed by atoms with Crippen molar-refractivity contribution < 1.29 is 0 Å². The average molecular weight is 155 g/mol. The molecule has 1 rings (SSSR count). The summed E-state index contributed by atoms with van der Waals surface area (Å²) in [4.78, 5) is 0. The van der Waals surface area contributed by atoms with Gasteiger partial charge in [-0.3, -0.25) is 0 Å². The lowest BCUT2D eigenvalue weighted by Gasteiger charge is -2.28. The van der Waals surface area contributed by atoms with Gasteiger partial charge in [-0.2, -0.15) is 0 Å². The lowest BCUT2D eigenvalue weighted by molar-refractivity contribution is 0.282. The molecule has 1 nitrogen and oxygen atoms in total. The lowest BCUT2D eigenvalue weighted by Crippen LogP contribution is -2.39. The van der Waals surface area contributed by atoms with Crippen LogP contribution in [0, 0.1) is 11.3 Å². The average Bonchev–Trinajstić information content (AvgIpc) is 2.44. The van der Waals surface area contributed by atoms with Crippen LogP contribution in [0.2, 0.25) is 0 Å². The topological polar surface area (TPSA) is 12.0 Å². The van der Waals surface area contributed by atoms with Crippen molar-refractivity contribution in [1.29, 1.82) is 0 Å². The number of hydrogen-bond donors (Lipinski definition) is 1. The fourth-order valence-corrected chi connectivity index (χ4v) is 1.13. The van der Waals surface area contributed by atoms with E-state index in [9.17, 15) is 0 Å². The lowest BCUT2D eigenvalue weighted by atomic mass is 9.88. The summed E-state index contributed by atoms with van der Waals surface area (Å²) < 4.78 is 0. The summed E-state index contributed by atoms with van der Waals surface area (Å²) in [6.07, 6.45) is 1.38. The van der Waals surface area contributed by atoms with E-state index in [4.69, 9.17) is 0 Å². The van der Waals surface area contributed by atoms with Gasteiger partial charge in [0.2, 0.25) is 0 Å². The molecule has 0 radical (unpaired) electrons. The summed E-state index contributed by atoms with van der Waals surface area (Å²) in [6, 6.07) is 1.45. The van der Waals surface area contributed by atoms with Gasteiger partial charge in [-0.25, -0.2) is 0 Å². The molecule has 0 amide bonds. The predicted octanol–water partition coefficient (Wildman–Crippen LogP) is 2.42. The first kappa shape index (κ1) is 9.05. The molecule has 0 saturated heterocycles. The van der Waals surface area contributed by atoms with Gasteiger partial charge in [-0.05, 0) is 24.7 Å². The van der Waals surface area contributed by atoms with Crippen molar-refractivity contribution in [3.05, 3.63) is 0 Å². The maximum Gasteiger partial charge on any atom is 0.00990 e. The Kier molecular flexibility index (Phi) is 2.29. The molecule has 3 atom stereocenters. The second-order valence-electron chi connectivity index (χ2n) is 5.07. The third-order valence-corrected chi connectivity index (χ3v) is 2.87. The number of rotatable bonds is 2. The Hall–Kier alpha value is -0.0400. The van der Waals surface area contributed by atoms with Gasteiger partial charge < -0.3 is 5.32 Å². The second kappa shape index (κ2) is 2.78. The maximum absolute atomic E-state index is 3.64. The summed E-state index contributed by atoms with van der Waals surface area (Å²) in [6.45, 7) is 11.5. The largest absolute Gasteiger partial charge is 0.311 e. The number of hydrogen-bond acceptors (Lipinski definition) is 1. The minimum atomic E-state index is 0.405. The van der Waals surface area contributed by atoms with E-state index in [2.05, 4.69) is 39.9 Å². The second-order valence-corrected chi connectivity index (χ2v) is 5.07. The number of nitrogens with one attached hydrogen (secondary N) is 1. The van der Waals surface area contributed by atoms with Gasteiger partial charge in [0.25, 0.3) is 0 Å². The van der Waals surface area contributed by atoms with Crippen LogP contribution in [-0.4, -0.2) is 12.1 Å². The van der Waals surface area contributed by atoms with Crippen LogP contribution in [0.3, 0.4) is 0 Å². The SMILES string of the molecule is CC(N[C@@H]1C[C@H]1C)C(C)(C)C. The zero-order valence-electron chi connectivity index (χ0n) is 8.44. The van der Waals surface area contributed by atoms with Crippen molar-refractivity contribution >= 4 is 0 Å². The van der Waals surface area contributed by atoms with E-state index in [0.717, 1.165) is 12.0 Å². The summed E-state index contributed by atoms with van der Waals surface area (Å²) in [5, 5.41) is 3.64. The highest BCUT2D eigenvalue weighted by molar-refractivity contribution is 4.93. The van der Waals surface area contributed by atoms with Crippen molar-refractivity contribution in [3.63, 3.8) is 0 Å². The first-order chi connectivity index (χ1) is 4.91. The van der Waals surface area contributed by atoms with E-state index in [1.807, 2.05) is 0 Å². The third kappa shape index (κ3) is 2.48. The van der Waals surface area contributed by atoms with Crippen LogP contribution in [0.25, 0.3) is 0 Å². The molecule has 0 spiro atoms. The van der Waals surface area contributed by atoms with Gasteiger partial charge >= 0.3 is 0 Å². The van der Waals surface area contributed by atoms with E-state index in [1.54, 1.807) is 0 Å². The Labute approximate surface area is 70.6 Å². The van der Waals surface area contributed by atoms with Crippen LogP contribution < -0.4 is 5.32 Å². The highest BCUT2D eigenvalue weighted by Gasteiger charge is 2.35. The summed E-state index contributed by atoms with van der Waals surface area (Å²) in [7, 11) is 0. The maximum atomic E-state index is 3.64. The van der Waals surface area contributed by atoms with Crippen LogP contribution in [0.5, 0.6) is 0 Å². The van der Waals surface area contributed by atoms with Gasteiger partial charge in [0.05, 0.1) is 0 Å². The molecule has 0 aromatic rings. The van der Waals surface area contributed by atoms with Crippen LogP contribution in [0.1, 0.15) is 41.0 Å². The van der Waals surface area contributed by atoms with Gasteiger partial charge in [0, 0.05) is 12.1 Å². The zero-order valence-corrected chi connectivity index (χ0v) is 8.44. The fourth-order valence-electron chi connectivity index (χ4n) is 1.13. The summed E-state index contributed by atoms with van der Waals surface area (Å²) in [5.74, 6) is 0.916. The van der Waals surface area contributed by atoms with Crippen molar-refractivity contribution in [1.82, 2.24) is 5.32 Å². The van der Waals surface area contributed by atoms with Gasteiger partial charge in [-0.15, -0.1) is 0 Å². The minimum Gasteiger partial charge on any atom is -0.311 e. The summed E-state index contributed by atoms with van der Waals surface area (Å²) >= 11 is 0. The highest BCUT2D eigenvalue weighted by Crippen LogP contribution is 2.31. The molecule has 0 heterocycles. The standard InChI is InChI=1S/C10H21N/c1-7-6-9(7)11-8(2)10(3,4)5/h7-9,11H,6H2,1-5H3/t7-,8?,9-/m1/s1.